The van der Waals surface area contributed by atoms with Crippen molar-refractivity contribution in [3.8, 4) is 0 Å². The molecule has 0 aromatic carbocycles. The van der Waals surface area contributed by atoms with E-state index in [0.29, 0.717) is 23.8 Å². The molecule has 17 heavy (non-hydrogen) atoms. The van der Waals surface area contributed by atoms with Crippen LogP contribution in [0.3, 0.4) is 0 Å². The summed E-state index contributed by atoms with van der Waals surface area (Å²) in [6, 6.07) is 0.592. The third kappa shape index (κ3) is 12.7. The summed E-state index contributed by atoms with van der Waals surface area (Å²) in [5, 5.41) is 0. The van der Waals surface area contributed by atoms with E-state index in [1.807, 2.05) is 0 Å². The zero-order valence-electron chi connectivity index (χ0n) is 10.8. The molecule has 0 bridgehead atoms. The van der Waals surface area contributed by atoms with Crippen LogP contribution in [0.4, 0.5) is 0 Å². The number of halogens is 2. The smallest absolute Gasteiger partial charge is 0.0238 e. The monoisotopic (exact) mass is 282 g/mol. The van der Waals surface area contributed by atoms with Gasteiger partial charge in [-0.15, -0.1) is 23.2 Å². The van der Waals surface area contributed by atoms with Gasteiger partial charge in [-0.25, -0.2) is 0 Å². The molecule has 0 rings (SSSR count). The molecule has 2 atom stereocenters. The Hall–Kier alpha value is 0.500. The van der Waals surface area contributed by atoms with E-state index < -0.39 is 0 Å². The number of unbranched alkanes of at least 4 members (excludes halogenated alkanes) is 4. The summed E-state index contributed by atoms with van der Waals surface area (Å²) in [5.41, 5.74) is 11.8. The van der Waals surface area contributed by atoms with E-state index >= 15 is 0 Å². The molecule has 0 saturated carbocycles. The zero-order chi connectivity index (χ0) is 12.9. The van der Waals surface area contributed by atoms with E-state index in [0.717, 1.165) is 25.7 Å². The summed E-state index contributed by atoms with van der Waals surface area (Å²) in [6.07, 6.45) is 10.4. The molecular formula is C13H28Cl2N2. The zero-order valence-corrected chi connectivity index (χ0v) is 12.4. The van der Waals surface area contributed by atoms with Gasteiger partial charge in [-0.1, -0.05) is 32.1 Å². The Kier molecular flexibility index (Phi) is 13.3. The van der Waals surface area contributed by atoms with Gasteiger partial charge in [0.2, 0.25) is 0 Å². The van der Waals surface area contributed by atoms with Gasteiger partial charge < -0.3 is 11.5 Å². The lowest BCUT2D eigenvalue weighted by Crippen LogP contribution is -2.20. The number of alkyl halides is 2. The summed E-state index contributed by atoms with van der Waals surface area (Å²) < 4.78 is 0. The number of hydrogen-bond donors (Lipinski definition) is 2. The van der Waals surface area contributed by atoms with E-state index in [1.165, 1.54) is 32.1 Å². The van der Waals surface area contributed by atoms with Crippen molar-refractivity contribution in [1.82, 2.24) is 0 Å². The van der Waals surface area contributed by atoms with Crippen LogP contribution < -0.4 is 11.5 Å². The molecule has 0 aliphatic rings. The third-order valence-electron chi connectivity index (χ3n) is 3.11. The molecule has 0 aromatic heterocycles. The van der Waals surface area contributed by atoms with Crippen LogP contribution in [0.5, 0.6) is 0 Å². The van der Waals surface area contributed by atoms with Crippen LogP contribution >= 0.6 is 23.2 Å². The van der Waals surface area contributed by atoms with Gasteiger partial charge in [-0.2, -0.15) is 0 Å². The molecule has 4 heteroatoms. The Morgan fingerprint density at radius 1 is 0.588 bits per heavy atom. The fourth-order valence-corrected chi connectivity index (χ4v) is 2.47. The molecule has 2 unspecified atom stereocenters. The van der Waals surface area contributed by atoms with Crippen molar-refractivity contribution in [1.29, 1.82) is 0 Å². The van der Waals surface area contributed by atoms with E-state index in [9.17, 15) is 0 Å². The first-order valence-electron chi connectivity index (χ1n) is 6.83. The largest absolute Gasteiger partial charge is 0.328 e. The van der Waals surface area contributed by atoms with Gasteiger partial charge in [-0.3, -0.25) is 0 Å². The minimum Gasteiger partial charge on any atom is -0.328 e. The number of rotatable bonds is 12. The van der Waals surface area contributed by atoms with Crippen molar-refractivity contribution in [2.24, 2.45) is 11.5 Å². The molecule has 0 fully saturated rings. The molecule has 0 aliphatic carbocycles. The molecule has 0 radical (unpaired) electrons. The Morgan fingerprint density at radius 2 is 0.941 bits per heavy atom. The van der Waals surface area contributed by atoms with Gasteiger partial charge in [0.15, 0.2) is 0 Å². The highest BCUT2D eigenvalue weighted by atomic mass is 35.5. The molecule has 0 spiro atoms. The van der Waals surface area contributed by atoms with Gasteiger partial charge in [0, 0.05) is 23.8 Å². The maximum absolute atomic E-state index is 5.88. The van der Waals surface area contributed by atoms with Crippen molar-refractivity contribution in [3.05, 3.63) is 0 Å². The van der Waals surface area contributed by atoms with Gasteiger partial charge in [-0.05, 0) is 25.7 Å². The van der Waals surface area contributed by atoms with Crippen molar-refractivity contribution in [2.45, 2.75) is 69.9 Å². The lowest BCUT2D eigenvalue weighted by Gasteiger charge is -2.10. The summed E-state index contributed by atoms with van der Waals surface area (Å²) >= 11 is 11.3. The van der Waals surface area contributed by atoms with Crippen LogP contribution in [0, 0.1) is 0 Å². The molecule has 0 heterocycles. The molecule has 0 aromatic rings. The number of hydrogen-bond acceptors (Lipinski definition) is 2. The molecule has 104 valence electrons. The second kappa shape index (κ2) is 12.9. The van der Waals surface area contributed by atoms with Crippen molar-refractivity contribution < 1.29 is 0 Å². The van der Waals surface area contributed by atoms with Crippen molar-refractivity contribution in [2.75, 3.05) is 11.8 Å². The Morgan fingerprint density at radius 3 is 1.29 bits per heavy atom. The van der Waals surface area contributed by atoms with E-state index in [4.69, 9.17) is 34.7 Å². The van der Waals surface area contributed by atoms with Gasteiger partial charge in [0.25, 0.3) is 0 Å². The summed E-state index contributed by atoms with van der Waals surface area (Å²) in [7, 11) is 0. The van der Waals surface area contributed by atoms with Crippen LogP contribution in [0.2, 0.25) is 0 Å². The van der Waals surface area contributed by atoms with E-state index in [-0.39, 0.29) is 0 Å². The molecule has 4 N–H and O–H groups in total. The van der Waals surface area contributed by atoms with Crippen LogP contribution in [0.25, 0.3) is 0 Å². The minimum atomic E-state index is 0.296. The summed E-state index contributed by atoms with van der Waals surface area (Å²) in [6.45, 7) is 0. The average molecular weight is 283 g/mol. The predicted octanol–water partition coefficient (Wildman–Crippen LogP) is 3.63. The highest BCUT2D eigenvalue weighted by molar-refractivity contribution is 6.18. The van der Waals surface area contributed by atoms with Crippen LogP contribution in [0.15, 0.2) is 0 Å². The number of nitrogens with two attached hydrogens (primary N) is 2. The van der Waals surface area contributed by atoms with Crippen molar-refractivity contribution in [3.63, 3.8) is 0 Å². The maximum Gasteiger partial charge on any atom is 0.0238 e. The van der Waals surface area contributed by atoms with Crippen LogP contribution in [0.1, 0.15) is 57.8 Å². The first kappa shape index (κ1) is 17.5. The maximum atomic E-state index is 5.88. The third-order valence-corrected chi connectivity index (χ3v) is 3.55. The Bertz CT molecular complexity index is 140. The van der Waals surface area contributed by atoms with E-state index in [2.05, 4.69) is 0 Å². The second-order valence-corrected chi connectivity index (χ2v) is 5.58. The van der Waals surface area contributed by atoms with Crippen LogP contribution in [-0.4, -0.2) is 23.8 Å². The fraction of sp³-hybridized carbons (Fsp3) is 1.00. The van der Waals surface area contributed by atoms with Gasteiger partial charge >= 0.3 is 0 Å². The summed E-state index contributed by atoms with van der Waals surface area (Å²) in [4.78, 5) is 0. The Labute approximate surface area is 116 Å². The highest BCUT2D eigenvalue weighted by Gasteiger charge is 2.02. The topological polar surface area (TPSA) is 52.0 Å². The molecular weight excluding hydrogens is 255 g/mol. The minimum absolute atomic E-state index is 0.296. The highest BCUT2D eigenvalue weighted by Crippen LogP contribution is 2.11. The van der Waals surface area contributed by atoms with Crippen LogP contribution in [-0.2, 0) is 0 Å². The molecule has 0 aliphatic heterocycles. The van der Waals surface area contributed by atoms with Gasteiger partial charge in [0.1, 0.15) is 0 Å². The second-order valence-electron chi connectivity index (χ2n) is 4.82. The first-order valence-corrected chi connectivity index (χ1v) is 7.90. The molecule has 0 amide bonds. The molecule has 0 saturated heterocycles. The Balaban J connectivity index is 3.13. The van der Waals surface area contributed by atoms with Gasteiger partial charge in [0.05, 0.1) is 0 Å². The molecule has 2 nitrogen and oxygen atoms in total. The predicted molar refractivity (Wildman–Crippen MR) is 78.9 cm³/mol. The van der Waals surface area contributed by atoms with Crippen molar-refractivity contribution >= 4 is 23.2 Å². The van der Waals surface area contributed by atoms with E-state index in [1.54, 1.807) is 0 Å². The summed E-state index contributed by atoms with van der Waals surface area (Å²) in [5.74, 6) is 1.36. The fourth-order valence-electron chi connectivity index (χ4n) is 1.91. The lowest BCUT2D eigenvalue weighted by molar-refractivity contribution is 0.504. The first-order chi connectivity index (χ1) is 8.20. The SMILES string of the molecule is NC(CCCl)CCCCCCCC(N)CCCl. The average Bonchev–Trinajstić information content (AvgIpc) is 2.28. The lowest BCUT2D eigenvalue weighted by atomic mass is 10.0. The standard InChI is InChI=1S/C13H28Cl2N2/c14-10-8-12(16)6-4-2-1-3-5-7-13(17)9-11-15/h12-13H,1-11,16-17H2. The normalized spacial score (nSPS) is 14.8. The quantitative estimate of drug-likeness (QED) is 0.424.